The van der Waals surface area contributed by atoms with Crippen molar-refractivity contribution in [2.24, 2.45) is 0 Å². The van der Waals surface area contributed by atoms with E-state index in [1.807, 2.05) is 0 Å². The van der Waals surface area contributed by atoms with Gasteiger partial charge in [-0.15, -0.1) is 0 Å². The molecule has 3 amide bonds. The number of anilines is 1. The van der Waals surface area contributed by atoms with Gasteiger partial charge in [-0.25, -0.2) is 0 Å². The first-order chi connectivity index (χ1) is 15.8. The molecule has 3 N–H and O–H groups in total. The normalized spacial score (nSPS) is 13.1. The van der Waals surface area contributed by atoms with E-state index in [4.69, 9.17) is 26.4 Å². The summed E-state index contributed by atoms with van der Waals surface area (Å²) >= 11 is 8.21. The van der Waals surface area contributed by atoms with Crippen molar-refractivity contribution in [1.29, 1.82) is 0 Å². The highest BCUT2D eigenvalue weighted by molar-refractivity contribution is 9.10. The number of ether oxygens (including phenoxy) is 3. The van der Waals surface area contributed by atoms with Crippen LogP contribution in [0.1, 0.15) is 12.5 Å². The van der Waals surface area contributed by atoms with Gasteiger partial charge >= 0.3 is 0 Å². The number of hydrogen-bond donors (Lipinski definition) is 3. The Morgan fingerprint density at radius 1 is 1.12 bits per heavy atom. The summed E-state index contributed by atoms with van der Waals surface area (Å²) in [4.78, 5) is 36.6. The van der Waals surface area contributed by atoms with Crippen molar-refractivity contribution in [2.75, 3.05) is 25.6 Å². The average Bonchev–Trinajstić information content (AvgIpc) is 2.76. The second-order valence-electron chi connectivity index (χ2n) is 6.60. The Kier molecular flexibility index (Phi) is 8.01. The quantitative estimate of drug-likeness (QED) is 0.271. The summed E-state index contributed by atoms with van der Waals surface area (Å²) < 4.78 is 17.0. The molecule has 0 aromatic heterocycles. The molecule has 0 spiro atoms. The minimum Gasteiger partial charge on any atom is -0.495 e. The monoisotopic (exact) mass is 533 g/mol. The summed E-state index contributed by atoms with van der Waals surface area (Å²) in [6.07, 6.45) is 1.40. The molecule has 1 aliphatic rings. The van der Waals surface area contributed by atoms with Gasteiger partial charge in [-0.1, -0.05) is 12.1 Å². The van der Waals surface area contributed by atoms with Crippen LogP contribution in [-0.4, -0.2) is 43.2 Å². The van der Waals surface area contributed by atoms with Crippen LogP contribution < -0.4 is 30.2 Å². The van der Waals surface area contributed by atoms with Gasteiger partial charge in [0, 0.05) is 0 Å². The van der Waals surface area contributed by atoms with Crippen LogP contribution in [0.3, 0.4) is 0 Å². The molecular formula is C22H20BrN3O6S. The zero-order chi connectivity index (χ0) is 24.0. The maximum absolute atomic E-state index is 12.4. The first-order valence-corrected chi connectivity index (χ1v) is 10.9. The van der Waals surface area contributed by atoms with E-state index in [1.54, 1.807) is 43.3 Å². The summed E-state index contributed by atoms with van der Waals surface area (Å²) in [5.41, 5.74) is 0.912. The third-order valence-corrected chi connectivity index (χ3v) is 5.11. The molecule has 1 saturated heterocycles. The molecule has 0 atom stereocenters. The average molecular weight is 534 g/mol. The Bertz CT molecular complexity index is 1130. The van der Waals surface area contributed by atoms with E-state index in [2.05, 4.69) is 31.9 Å². The molecule has 2 aromatic rings. The van der Waals surface area contributed by atoms with E-state index in [-0.39, 0.29) is 17.3 Å². The molecule has 11 heteroatoms. The summed E-state index contributed by atoms with van der Waals surface area (Å²) in [5, 5.41) is 7.44. The Hall–Kier alpha value is -3.44. The molecule has 0 unspecified atom stereocenters. The van der Waals surface area contributed by atoms with Crippen LogP contribution in [0.25, 0.3) is 6.08 Å². The number of hydrogen-bond acceptors (Lipinski definition) is 7. The van der Waals surface area contributed by atoms with Crippen molar-refractivity contribution < 1.29 is 28.6 Å². The second-order valence-corrected chi connectivity index (χ2v) is 7.86. The van der Waals surface area contributed by atoms with E-state index in [0.29, 0.717) is 39.6 Å². The molecule has 0 saturated carbocycles. The van der Waals surface area contributed by atoms with Gasteiger partial charge in [0.2, 0.25) is 0 Å². The maximum atomic E-state index is 12.4. The van der Waals surface area contributed by atoms with E-state index in [1.165, 1.54) is 13.2 Å². The van der Waals surface area contributed by atoms with Crippen molar-refractivity contribution in [3.8, 4) is 17.2 Å². The van der Waals surface area contributed by atoms with Crippen LogP contribution in [0.5, 0.6) is 17.2 Å². The zero-order valence-electron chi connectivity index (χ0n) is 17.7. The Balaban J connectivity index is 1.79. The predicted octanol–water partition coefficient (Wildman–Crippen LogP) is 2.79. The molecule has 0 radical (unpaired) electrons. The Morgan fingerprint density at radius 2 is 1.82 bits per heavy atom. The number of halogens is 1. The van der Waals surface area contributed by atoms with Crippen LogP contribution in [0, 0.1) is 0 Å². The van der Waals surface area contributed by atoms with Gasteiger partial charge in [-0.2, -0.15) is 0 Å². The summed E-state index contributed by atoms with van der Waals surface area (Å²) in [7, 11) is 1.51. The van der Waals surface area contributed by atoms with Crippen LogP contribution >= 0.6 is 28.1 Å². The molecule has 1 fully saturated rings. The maximum Gasteiger partial charge on any atom is 0.263 e. The fourth-order valence-electron chi connectivity index (χ4n) is 2.92. The molecule has 172 valence electrons. The van der Waals surface area contributed by atoms with Gasteiger partial charge in [0.1, 0.15) is 11.3 Å². The molecule has 0 aliphatic carbocycles. The lowest BCUT2D eigenvalue weighted by molar-refractivity contribution is -0.123. The smallest absolute Gasteiger partial charge is 0.263 e. The SMILES string of the molecule is CCOc1cc(C=C2C(=O)NC(=S)NC2=O)cc(Br)c1OCC(=O)Nc1ccccc1OC. The van der Waals surface area contributed by atoms with Crippen molar-refractivity contribution in [2.45, 2.75) is 6.92 Å². The molecule has 0 bridgehead atoms. The van der Waals surface area contributed by atoms with Gasteiger partial charge in [0.05, 0.1) is 23.9 Å². The van der Waals surface area contributed by atoms with Crippen LogP contribution in [0.4, 0.5) is 5.69 Å². The van der Waals surface area contributed by atoms with Crippen LogP contribution in [0.2, 0.25) is 0 Å². The zero-order valence-corrected chi connectivity index (χ0v) is 20.1. The molecular weight excluding hydrogens is 514 g/mol. The topological polar surface area (TPSA) is 115 Å². The van der Waals surface area contributed by atoms with Gasteiger partial charge < -0.3 is 19.5 Å². The van der Waals surface area contributed by atoms with Gasteiger partial charge in [0.25, 0.3) is 17.7 Å². The molecule has 2 aromatic carbocycles. The van der Waals surface area contributed by atoms with Crippen molar-refractivity contribution in [1.82, 2.24) is 10.6 Å². The molecule has 1 heterocycles. The number of amides is 3. The first-order valence-electron chi connectivity index (χ1n) is 9.72. The van der Waals surface area contributed by atoms with Crippen molar-refractivity contribution in [3.63, 3.8) is 0 Å². The summed E-state index contributed by atoms with van der Waals surface area (Å²) in [5.74, 6) is -0.455. The standard InChI is InChI=1S/C22H20BrN3O6S/c1-3-31-17-10-12(8-13-20(28)25-22(33)26-21(13)29)9-14(23)19(17)32-11-18(27)24-15-6-4-5-7-16(15)30-2/h4-10H,3,11H2,1-2H3,(H,24,27)(H2,25,26,28,29,33). The summed E-state index contributed by atoms with van der Waals surface area (Å²) in [6.45, 7) is 1.82. The van der Waals surface area contributed by atoms with Crippen LogP contribution in [-0.2, 0) is 14.4 Å². The van der Waals surface area contributed by atoms with E-state index in [0.717, 1.165) is 0 Å². The number of nitrogens with one attached hydrogen (secondary N) is 3. The number of carbonyl (C=O) groups is 3. The largest absolute Gasteiger partial charge is 0.495 e. The third-order valence-electron chi connectivity index (χ3n) is 4.31. The number of carbonyl (C=O) groups excluding carboxylic acids is 3. The predicted molar refractivity (Wildman–Crippen MR) is 129 cm³/mol. The molecule has 33 heavy (non-hydrogen) atoms. The second kappa shape index (κ2) is 10.9. The van der Waals surface area contributed by atoms with E-state index >= 15 is 0 Å². The molecule has 1 aliphatic heterocycles. The van der Waals surface area contributed by atoms with E-state index in [9.17, 15) is 14.4 Å². The minimum absolute atomic E-state index is 0.0477. The lowest BCUT2D eigenvalue weighted by Gasteiger charge is -2.17. The van der Waals surface area contributed by atoms with Crippen molar-refractivity contribution in [3.05, 3.63) is 52.0 Å². The molecule has 9 nitrogen and oxygen atoms in total. The highest BCUT2D eigenvalue weighted by atomic mass is 79.9. The van der Waals surface area contributed by atoms with Crippen molar-refractivity contribution >= 4 is 62.7 Å². The lowest BCUT2D eigenvalue weighted by atomic mass is 10.1. The van der Waals surface area contributed by atoms with Gasteiger partial charge in [-0.05, 0) is 71.0 Å². The number of para-hydroxylation sites is 2. The number of thiocarbonyl (C=S) groups is 1. The van der Waals surface area contributed by atoms with Gasteiger partial charge in [0.15, 0.2) is 23.2 Å². The number of benzene rings is 2. The first kappa shape index (κ1) is 24.2. The Labute approximate surface area is 203 Å². The Morgan fingerprint density at radius 3 is 2.48 bits per heavy atom. The fraction of sp³-hybridized carbons (Fsp3) is 0.182. The van der Waals surface area contributed by atoms with Crippen LogP contribution in [0.15, 0.2) is 46.4 Å². The fourth-order valence-corrected chi connectivity index (χ4v) is 3.68. The number of methoxy groups -OCH3 is 1. The molecule has 3 rings (SSSR count). The number of rotatable bonds is 8. The third kappa shape index (κ3) is 6.08. The minimum atomic E-state index is -0.605. The summed E-state index contributed by atoms with van der Waals surface area (Å²) in [6, 6.07) is 10.2. The van der Waals surface area contributed by atoms with E-state index < -0.39 is 17.7 Å². The lowest BCUT2D eigenvalue weighted by Crippen LogP contribution is -2.51. The highest BCUT2D eigenvalue weighted by Gasteiger charge is 2.26. The highest BCUT2D eigenvalue weighted by Crippen LogP contribution is 2.37. The van der Waals surface area contributed by atoms with Gasteiger partial charge in [-0.3, -0.25) is 25.0 Å².